The van der Waals surface area contributed by atoms with Crippen LogP contribution in [-0.2, 0) is 0 Å². The van der Waals surface area contributed by atoms with Crippen LogP contribution in [0.25, 0.3) is 88.6 Å². The molecule has 48 heavy (non-hydrogen) atoms. The summed E-state index contributed by atoms with van der Waals surface area (Å²) in [6.07, 6.45) is 4.40. The molecule has 0 aliphatic carbocycles. The Bertz CT molecular complexity index is 2570. The van der Waals surface area contributed by atoms with Gasteiger partial charge in [0.1, 0.15) is 0 Å². The van der Waals surface area contributed by atoms with E-state index in [1.54, 1.807) is 0 Å². The second kappa shape index (κ2) is 11.8. The van der Waals surface area contributed by atoms with Gasteiger partial charge in [-0.1, -0.05) is 194 Å². The highest BCUT2D eigenvalue weighted by Gasteiger charge is 2.17. The van der Waals surface area contributed by atoms with Crippen LogP contribution in [0.2, 0.25) is 0 Å². The smallest absolute Gasteiger partial charge is 0.00201 e. The van der Waals surface area contributed by atoms with Crippen molar-refractivity contribution in [1.29, 1.82) is 0 Å². The van der Waals surface area contributed by atoms with Crippen molar-refractivity contribution in [3.05, 3.63) is 193 Å². The summed E-state index contributed by atoms with van der Waals surface area (Å²) >= 11 is 0. The second-order valence-electron chi connectivity index (χ2n) is 12.5. The van der Waals surface area contributed by atoms with E-state index in [1.165, 1.54) is 87.6 Å². The van der Waals surface area contributed by atoms with Crippen LogP contribution >= 0.6 is 0 Å². The van der Waals surface area contributed by atoms with Gasteiger partial charge in [-0.15, -0.1) is 0 Å². The van der Waals surface area contributed by atoms with Crippen molar-refractivity contribution in [2.24, 2.45) is 0 Å². The maximum absolute atomic E-state index is 2.28. The summed E-state index contributed by atoms with van der Waals surface area (Å²) in [5, 5.41) is 10.2. The van der Waals surface area contributed by atoms with E-state index in [2.05, 4.69) is 194 Å². The largest absolute Gasteiger partial charge is 0.0616 e. The summed E-state index contributed by atoms with van der Waals surface area (Å²) in [6.45, 7) is 0. The van der Waals surface area contributed by atoms with Gasteiger partial charge in [0.05, 0.1) is 0 Å². The zero-order valence-electron chi connectivity index (χ0n) is 26.5. The minimum absolute atomic E-state index is 1.18. The molecule has 9 aromatic carbocycles. The van der Waals surface area contributed by atoms with Gasteiger partial charge >= 0.3 is 0 Å². The van der Waals surface area contributed by atoms with Crippen LogP contribution in [0, 0.1) is 0 Å². The van der Waals surface area contributed by atoms with E-state index in [4.69, 9.17) is 0 Å². The van der Waals surface area contributed by atoms with Crippen molar-refractivity contribution >= 4 is 55.2 Å². The highest BCUT2D eigenvalue weighted by molar-refractivity contribution is 6.23. The summed E-state index contributed by atoms with van der Waals surface area (Å²) in [7, 11) is 0. The average molecular weight is 609 g/mol. The lowest BCUT2D eigenvalue weighted by Crippen LogP contribution is -1.91. The molecule has 0 fully saturated rings. The third-order valence-electron chi connectivity index (χ3n) is 9.67. The fourth-order valence-electron chi connectivity index (χ4n) is 7.38. The molecular formula is C48H32. The topological polar surface area (TPSA) is 0 Å². The molecule has 0 amide bonds. The molecule has 0 atom stereocenters. The lowest BCUT2D eigenvalue weighted by Gasteiger charge is -2.18. The minimum atomic E-state index is 1.18. The highest BCUT2D eigenvalue weighted by Crippen LogP contribution is 2.45. The molecular weight excluding hydrogens is 577 g/mol. The third kappa shape index (κ3) is 4.87. The number of rotatable bonds is 5. The van der Waals surface area contributed by atoms with Crippen LogP contribution in [0.3, 0.4) is 0 Å². The fraction of sp³-hybridized carbons (Fsp3) is 0. The Balaban J connectivity index is 1.08. The maximum atomic E-state index is 2.28. The van der Waals surface area contributed by atoms with Gasteiger partial charge in [0.2, 0.25) is 0 Å². The van der Waals surface area contributed by atoms with Crippen LogP contribution in [0.4, 0.5) is 0 Å². The Hall–Kier alpha value is -6.24. The van der Waals surface area contributed by atoms with Crippen molar-refractivity contribution in [1.82, 2.24) is 0 Å². The normalized spacial score (nSPS) is 11.7. The van der Waals surface area contributed by atoms with Crippen LogP contribution < -0.4 is 0 Å². The zero-order valence-corrected chi connectivity index (χ0v) is 26.5. The standard InChI is InChI=1S/C48H32/c1-3-15-39-35(11-1)13-9-21-40(39)37-29-25-33(26-30-37)23-24-34-27-31-38(32-28-34)47-43-17-5-7-19-45(43)48(46-20-8-6-18-44(46)47)42-22-10-14-36-12-2-4-16-41(36)42/h1-32H/b24-23+. The number of hydrogen-bond donors (Lipinski definition) is 0. The zero-order chi connectivity index (χ0) is 31.9. The second-order valence-corrected chi connectivity index (χ2v) is 12.5. The molecule has 0 nitrogen and oxygen atoms in total. The molecule has 0 aromatic heterocycles. The van der Waals surface area contributed by atoms with Gasteiger partial charge in [-0.2, -0.15) is 0 Å². The van der Waals surface area contributed by atoms with Crippen molar-refractivity contribution in [2.75, 3.05) is 0 Å². The van der Waals surface area contributed by atoms with Crippen LogP contribution in [0.5, 0.6) is 0 Å². The van der Waals surface area contributed by atoms with Gasteiger partial charge in [0.25, 0.3) is 0 Å². The molecule has 0 saturated heterocycles. The van der Waals surface area contributed by atoms with E-state index in [0.717, 1.165) is 0 Å². The molecule has 0 heterocycles. The minimum Gasteiger partial charge on any atom is -0.0616 e. The quantitative estimate of drug-likeness (QED) is 0.135. The van der Waals surface area contributed by atoms with Gasteiger partial charge in [0, 0.05) is 0 Å². The molecule has 0 aliphatic heterocycles. The monoisotopic (exact) mass is 608 g/mol. The molecule has 0 unspecified atom stereocenters. The van der Waals surface area contributed by atoms with E-state index in [1.807, 2.05) is 0 Å². The predicted octanol–water partition coefficient (Wildman–Crippen LogP) is 13.5. The van der Waals surface area contributed by atoms with Gasteiger partial charge in [-0.3, -0.25) is 0 Å². The fourth-order valence-corrected chi connectivity index (χ4v) is 7.38. The van der Waals surface area contributed by atoms with Crippen LogP contribution in [-0.4, -0.2) is 0 Å². The summed E-state index contributed by atoms with van der Waals surface area (Å²) in [4.78, 5) is 0. The molecule has 9 rings (SSSR count). The lowest BCUT2D eigenvalue weighted by molar-refractivity contribution is 1.62. The first-order valence-electron chi connectivity index (χ1n) is 16.6. The molecule has 0 N–H and O–H groups in total. The van der Waals surface area contributed by atoms with E-state index in [0.29, 0.717) is 0 Å². The van der Waals surface area contributed by atoms with Gasteiger partial charge in [-0.05, 0) is 87.6 Å². The summed E-state index contributed by atoms with van der Waals surface area (Å²) in [5.74, 6) is 0. The lowest BCUT2D eigenvalue weighted by atomic mass is 9.84. The molecule has 0 heteroatoms. The number of hydrogen-bond acceptors (Lipinski definition) is 0. The summed E-state index contributed by atoms with van der Waals surface area (Å²) in [6, 6.07) is 66.1. The number of fused-ring (bicyclic) bond motifs is 4. The molecule has 9 aromatic rings. The third-order valence-corrected chi connectivity index (χ3v) is 9.67. The Labute approximate surface area is 280 Å². The maximum Gasteiger partial charge on any atom is -0.00201 e. The Morgan fingerprint density at radius 3 is 1.15 bits per heavy atom. The molecule has 0 spiro atoms. The Kier molecular flexibility index (Phi) is 6.91. The molecule has 0 saturated carbocycles. The molecule has 0 aliphatic rings. The Morgan fingerprint density at radius 1 is 0.250 bits per heavy atom. The van der Waals surface area contributed by atoms with E-state index >= 15 is 0 Å². The van der Waals surface area contributed by atoms with Gasteiger partial charge in [-0.25, -0.2) is 0 Å². The van der Waals surface area contributed by atoms with Crippen molar-refractivity contribution in [3.63, 3.8) is 0 Å². The predicted molar refractivity (Wildman–Crippen MR) is 208 cm³/mol. The SMILES string of the molecule is C(=C\c1ccc(-c2c3ccccc3c(-c3cccc4ccccc34)c3ccccc23)cc1)/c1ccc(-c2cccc3ccccc23)cc1. The average Bonchev–Trinajstić information content (AvgIpc) is 3.16. The van der Waals surface area contributed by atoms with Crippen LogP contribution in [0.15, 0.2) is 182 Å². The van der Waals surface area contributed by atoms with E-state index < -0.39 is 0 Å². The first-order chi connectivity index (χ1) is 23.8. The van der Waals surface area contributed by atoms with Crippen molar-refractivity contribution in [3.8, 4) is 33.4 Å². The first-order valence-corrected chi connectivity index (χ1v) is 16.6. The van der Waals surface area contributed by atoms with E-state index in [9.17, 15) is 0 Å². The molecule has 0 bridgehead atoms. The highest BCUT2D eigenvalue weighted by atomic mass is 14.2. The van der Waals surface area contributed by atoms with Crippen molar-refractivity contribution < 1.29 is 0 Å². The van der Waals surface area contributed by atoms with Gasteiger partial charge in [0.15, 0.2) is 0 Å². The van der Waals surface area contributed by atoms with E-state index in [-0.39, 0.29) is 0 Å². The Morgan fingerprint density at radius 2 is 0.625 bits per heavy atom. The summed E-state index contributed by atoms with van der Waals surface area (Å²) in [5.41, 5.74) is 9.95. The number of benzene rings is 9. The molecule has 0 radical (unpaired) electrons. The van der Waals surface area contributed by atoms with Crippen LogP contribution in [0.1, 0.15) is 11.1 Å². The van der Waals surface area contributed by atoms with Crippen molar-refractivity contribution in [2.45, 2.75) is 0 Å². The summed E-state index contributed by atoms with van der Waals surface area (Å²) < 4.78 is 0. The molecule has 224 valence electrons. The first kappa shape index (κ1) is 28.0. The van der Waals surface area contributed by atoms with Gasteiger partial charge < -0.3 is 0 Å².